The van der Waals surface area contributed by atoms with Crippen molar-refractivity contribution < 1.29 is 18.7 Å². The first-order chi connectivity index (χ1) is 12.5. The molecule has 136 valence electrons. The Morgan fingerprint density at radius 2 is 1.92 bits per heavy atom. The second kappa shape index (κ2) is 7.52. The summed E-state index contributed by atoms with van der Waals surface area (Å²) < 4.78 is 16.9. The fourth-order valence-corrected chi connectivity index (χ4v) is 2.71. The van der Waals surface area contributed by atoms with E-state index in [4.69, 9.17) is 13.6 Å². The summed E-state index contributed by atoms with van der Waals surface area (Å²) in [5.74, 6) is 1.28. The summed E-state index contributed by atoms with van der Waals surface area (Å²) in [7, 11) is 0. The van der Waals surface area contributed by atoms with Crippen LogP contribution >= 0.6 is 0 Å². The normalized spacial score (nSPS) is 11.5. The minimum absolute atomic E-state index is 0.0686. The highest BCUT2D eigenvalue weighted by Crippen LogP contribution is 2.34. The lowest BCUT2D eigenvalue weighted by Crippen LogP contribution is -2.05. The van der Waals surface area contributed by atoms with Crippen molar-refractivity contribution in [3.05, 3.63) is 58.0 Å². The molecular weight excluding hydrogens is 332 g/mol. The third-order valence-corrected chi connectivity index (χ3v) is 4.22. The van der Waals surface area contributed by atoms with Gasteiger partial charge in [-0.1, -0.05) is 19.1 Å². The molecule has 0 unspecified atom stereocenters. The molecule has 1 N–H and O–H groups in total. The Hall–Kier alpha value is -2.95. The van der Waals surface area contributed by atoms with Gasteiger partial charge in [0.05, 0.1) is 12.2 Å². The number of fused-ring (bicyclic) bond motifs is 1. The molecule has 26 heavy (non-hydrogen) atoms. The average molecular weight is 354 g/mol. The van der Waals surface area contributed by atoms with Crippen LogP contribution in [0.25, 0.3) is 22.5 Å². The number of furan rings is 1. The number of allylic oxidation sites excluding steroid dienone is 1. The Kier molecular flexibility index (Phi) is 5.16. The van der Waals surface area contributed by atoms with Gasteiger partial charge in [0.1, 0.15) is 17.1 Å². The number of benzene rings is 1. The maximum Gasteiger partial charge on any atom is 0.343 e. The quantitative estimate of drug-likeness (QED) is 0.492. The first-order valence-corrected chi connectivity index (χ1v) is 8.66. The van der Waals surface area contributed by atoms with Gasteiger partial charge in [-0.2, -0.15) is 0 Å². The van der Waals surface area contributed by atoms with E-state index in [0.717, 1.165) is 18.2 Å². The molecule has 0 saturated carbocycles. The minimum atomic E-state index is -0.576. The molecule has 3 aromatic rings. The topological polar surface area (TPSA) is 72.8 Å². The molecule has 0 aliphatic heterocycles. The monoisotopic (exact) mass is 354 g/mol. The Bertz CT molecular complexity index is 1010. The summed E-state index contributed by atoms with van der Waals surface area (Å²) in [6.07, 6.45) is 6.07. The van der Waals surface area contributed by atoms with E-state index in [1.165, 1.54) is 6.92 Å². The van der Waals surface area contributed by atoms with Crippen molar-refractivity contribution in [3.8, 4) is 23.0 Å². The molecule has 0 fully saturated rings. The van der Waals surface area contributed by atoms with Crippen LogP contribution in [0.2, 0.25) is 0 Å². The van der Waals surface area contributed by atoms with Gasteiger partial charge in [0.2, 0.25) is 0 Å². The van der Waals surface area contributed by atoms with E-state index < -0.39 is 5.63 Å². The number of ether oxygens (including phenoxy) is 1. The highest BCUT2D eigenvalue weighted by molar-refractivity contribution is 5.83. The first-order valence-electron chi connectivity index (χ1n) is 8.66. The maximum absolute atomic E-state index is 11.9. The Morgan fingerprint density at radius 1 is 1.12 bits per heavy atom. The zero-order valence-electron chi connectivity index (χ0n) is 15.2. The zero-order valence-corrected chi connectivity index (χ0v) is 15.2. The van der Waals surface area contributed by atoms with Gasteiger partial charge in [0, 0.05) is 17.0 Å². The predicted molar refractivity (Wildman–Crippen MR) is 101 cm³/mol. The molecule has 1 aromatic carbocycles. The summed E-state index contributed by atoms with van der Waals surface area (Å²) in [5, 5.41) is 10.9. The molecule has 0 bridgehead atoms. The summed E-state index contributed by atoms with van der Waals surface area (Å²) in [5.41, 5.74) is 0.715. The van der Waals surface area contributed by atoms with Crippen molar-refractivity contribution in [2.24, 2.45) is 0 Å². The van der Waals surface area contributed by atoms with Crippen LogP contribution in [-0.2, 0) is 0 Å². The van der Waals surface area contributed by atoms with Gasteiger partial charge in [0.25, 0.3) is 0 Å². The molecule has 5 nitrogen and oxygen atoms in total. The molecule has 0 atom stereocenters. The van der Waals surface area contributed by atoms with E-state index in [0.29, 0.717) is 29.3 Å². The van der Waals surface area contributed by atoms with Crippen molar-refractivity contribution >= 4 is 11.0 Å². The lowest BCUT2D eigenvalue weighted by molar-refractivity contribution is 0.325. The molecule has 0 amide bonds. The Balaban J connectivity index is 1.88. The first kappa shape index (κ1) is 17.9. The molecule has 3 rings (SSSR count). The smallest absolute Gasteiger partial charge is 0.343 e. The van der Waals surface area contributed by atoms with Crippen molar-refractivity contribution in [2.75, 3.05) is 6.61 Å². The van der Waals surface area contributed by atoms with Gasteiger partial charge in [-0.05, 0) is 44.9 Å². The molecule has 0 radical (unpaired) electrons. The van der Waals surface area contributed by atoms with Crippen molar-refractivity contribution in [2.45, 2.75) is 33.6 Å². The summed E-state index contributed by atoms with van der Waals surface area (Å²) >= 11 is 0. The number of aromatic hydroxyl groups is 1. The van der Waals surface area contributed by atoms with E-state index in [-0.39, 0.29) is 17.1 Å². The van der Waals surface area contributed by atoms with Crippen LogP contribution in [0.3, 0.4) is 0 Å². The standard InChI is InChI=1S/C21H22O5/c1-4-5-6-7-10-24-16-9-8-15-11-18(25-17(15)12-16)20-13(2)19(22)14(3)21(23)26-20/h5-6,8-9,11-12,22H,4,7,10H2,1-3H3. The van der Waals surface area contributed by atoms with Crippen molar-refractivity contribution in [3.63, 3.8) is 0 Å². The van der Waals surface area contributed by atoms with Crippen molar-refractivity contribution in [1.29, 1.82) is 0 Å². The SMILES string of the molecule is CCC=CCCOc1ccc2cc(-c3oc(=O)c(C)c(O)c3C)oc2c1. The number of rotatable bonds is 6. The van der Waals surface area contributed by atoms with Gasteiger partial charge in [-0.3, -0.25) is 0 Å². The van der Waals surface area contributed by atoms with Gasteiger partial charge in [-0.15, -0.1) is 0 Å². The van der Waals surface area contributed by atoms with Crippen LogP contribution in [0, 0.1) is 13.8 Å². The number of hydrogen-bond acceptors (Lipinski definition) is 5. The summed E-state index contributed by atoms with van der Waals surface area (Å²) in [4.78, 5) is 11.9. The van der Waals surface area contributed by atoms with E-state index in [1.54, 1.807) is 13.0 Å². The van der Waals surface area contributed by atoms with Gasteiger partial charge in [0.15, 0.2) is 11.5 Å². The molecular formula is C21H22O5. The van der Waals surface area contributed by atoms with Gasteiger partial charge in [-0.25, -0.2) is 4.79 Å². The highest BCUT2D eigenvalue weighted by atomic mass is 16.5. The van der Waals surface area contributed by atoms with Crippen LogP contribution in [0.15, 0.2) is 50.0 Å². The Labute approximate surface area is 151 Å². The van der Waals surface area contributed by atoms with E-state index in [2.05, 4.69) is 19.1 Å². The highest BCUT2D eigenvalue weighted by Gasteiger charge is 2.18. The second-order valence-corrected chi connectivity index (χ2v) is 6.14. The molecule has 0 spiro atoms. The van der Waals surface area contributed by atoms with Gasteiger partial charge >= 0.3 is 5.63 Å². The lowest BCUT2D eigenvalue weighted by Gasteiger charge is -2.05. The molecule has 0 saturated heterocycles. The molecule has 0 aliphatic carbocycles. The minimum Gasteiger partial charge on any atom is -0.507 e. The predicted octanol–water partition coefficient (Wildman–Crippen LogP) is 5.11. The van der Waals surface area contributed by atoms with E-state index >= 15 is 0 Å². The Morgan fingerprint density at radius 3 is 2.69 bits per heavy atom. The summed E-state index contributed by atoms with van der Waals surface area (Å²) in [6, 6.07) is 7.36. The molecule has 5 heteroatoms. The van der Waals surface area contributed by atoms with Crippen molar-refractivity contribution in [1.82, 2.24) is 0 Å². The van der Waals surface area contributed by atoms with E-state index in [1.807, 2.05) is 18.2 Å². The van der Waals surface area contributed by atoms with Crippen LogP contribution in [0.4, 0.5) is 0 Å². The molecule has 2 heterocycles. The second-order valence-electron chi connectivity index (χ2n) is 6.14. The van der Waals surface area contributed by atoms with Crippen LogP contribution < -0.4 is 10.4 Å². The lowest BCUT2D eigenvalue weighted by atomic mass is 10.1. The number of hydrogen-bond donors (Lipinski definition) is 1. The fraction of sp³-hybridized carbons (Fsp3) is 0.286. The fourth-order valence-electron chi connectivity index (χ4n) is 2.71. The molecule has 2 aromatic heterocycles. The van der Waals surface area contributed by atoms with Crippen LogP contribution in [0.5, 0.6) is 11.5 Å². The molecule has 0 aliphatic rings. The zero-order chi connectivity index (χ0) is 18.7. The van der Waals surface area contributed by atoms with Crippen LogP contribution in [-0.4, -0.2) is 11.7 Å². The third-order valence-electron chi connectivity index (χ3n) is 4.22. The summed E-state index contributed by atoms with van der Waals surface area (Å²) in [6.45, 7) is 5.90. The van der Waals surface area contributed by atoms with Gasteiger partial charge < -0.3 is 18.7 Å². The maximum atomic E-state index is 11.9. The van der Waals surface area contributed by atoms with E-state index in [9.17, 15) is 9.90 Å². The third kappa shape index (κ3) is 3.52. The largest absolute Gasteiger partial charge is 0.507 e. The average Bonchev–Trinajstić information content (AvgIpc) is 3.05. The van der Waals surface area contributed by atoms with Crippen LogP contribution in [0.1, 0.15) is 30.9 Å².